The SMILES string of the molecule is Cc1ccc(C)c(OCc2ccccc2C(=O)ON=O)c1. The van der Waals surface area contributed by atoms with Gasteiger partial charge in [-0.1, -0.05) is 30.3 Å². The molecule has 0 aliphatic carbocycles. The van der Waals surface area contributed by atoms with Crippen LogP contribution in [0.5, 0.6) is 5.75 Å². The van der Waals surface area contributed by atoms with Crippen LogP contribution in [0.3, 0.4) is 0 Å². The zero-order valence-corrected chi connectivity index (χ0v) is 11.8. The van der Waals surface area contributed by atoms with E-state index >= 15 is 0 Å². The average Bonchev–Trinajstić information content (AvgIpc) is 2.49. The standard InChI is InChI=1S/C16H15NO4/c1-11-7-8-12(2)15(9-11)20-10-13-5-3-4-6-14(13)16(18)21-17-19/h3-9H,10H2,1-2H3. The summed E-state index contributed by atoms with van der Waals surface area (Å²) >= 11 is 0. The second kappa shape index (κ2) is 6.65. The zero-order chi connectivity index (χ0) is 15.2. The third-order valence-electron chi connectivity index (χ3n) is 3.08. The van der Waals surface area contributed by atoms with Crippen molar-refractivity contribution in [3.05, 3.63) is 69.6 Å². The van der Waals surface area contributed by atoms with Gasteiger partial charge in [0.05, 0.1) is 5.56 Å². The fourth-order valence-electron chi connectivity index (χ4n) is 1.95. The van der Waals surface area contributed by atoms with Gasteiger partial charge in [0, 0.05) is 5.56 Å². The summed E-state index contributed by atoms with van der Waals surface area (Å²) in [5.41, 5.74) is 3.00. The molecule has 0 heterocycles. The van der Waals surface area contributed by atoms with Gasteiger partial charge in [0.25, 0.3) is 0 Å². The molecule has 5 nitrogen and oxygen atoms in total. The van der Waals surface area contributed by atoms with Crippen LogP contribution in [0.1, 0.15) is 27.0 Å². The minimum absolute atomic E-state index is 0.203. The van der Waals surface area contributed by atoms with E-state index in [0.29, 0.717) is 5.56 Å². The molecule has 0 aromatic heterocycles. The van der Waals surface area contributed by atoms with E-state index in [4.69, 9.17) is 4.74 Å². The Bertz CT molecular complexity index is 667. The summed E-state index contributed by atoms with van der Waals surface area (Å²) in [6, 6.07) is 12.7. The Hall–Kier alpha value is -2.69. The Labute approximate surface area is 122 Å². The largest absolute Gasteiger partial charge is 0.489 e. The molecule has 0 saturated heterocycles. The highest BCUT2D eigenvalue weighted by atomic mass is 16.7. The Morgan fingerprint density at radius 3 is 2.67 bits per heavy atom. The van der Waals surface area contributed by atoms with E-state index in [1.165, 1.54) is 0 Å². The number of hydrogen-bond acceptors (Lipinski definition) is 5. The van der Waals surface area contributed by atoms with Crippen molar-refractivity contribution in [2.75, 3.05) is 0 Å². The number of carbonyl (C=O) groups excluding carboxylic acids is 1. The quantitative estimate of drug-likeness (QED) is 0.620. The van der Waals surface area contributed by atoms with Crippen molar-refractivity contribution in [2.24, 2.45) is 5.34 Å². The lowest BCUT2D eigenvalue weighted by Crippen LogP contribution is -2.07. The van der Waals surface area contributed by atoms with E-state index in [0.717, 1.165) is 16.9 Å². The average molecular weight is 285 g/mol. The smallest absolute Gasteiger partial charge is 0.369 e. The number of carbonyl (C=O) groups is 1. The van der Waals surface area contributed by atoms with Crippen LogP contribution in [0.15, 0.2) is 47.8 Å². The van der Waals surface area contributed by atoms with Gasteiger partial charge in [-0.15, -0.1) is 4.91 Å². The Balaban J connectivity index is 2.18. The third-order valence-corrected chi connectivity index (χ3v) is 3.08. The monoisotopic (exact) mass is 285 g/mol. The minimum Gasteiger partial charge on any atom is -0.489 e. The predicted molar refractivity (Wildman–Crippen MR) is 77.9 cm³/mol. The molecule has 21 heavy (non-hydrogen) atoms. The number of ether oxygens (including phenoxy) is 1. The van der Waals surface area contributed by atoms with Crippen LogP contribution in [-0.2, 0) is 11.4 Å². The second-order valence-electron chi connectivity index (χ2n) is 4.67. The normalized spacial score (nSPS) is 10.0. The molecule has 0 radical (unpaired) electrons. The number of hydrogen-bond donors (Lipinski definition) is 0. The second-order valence-corrected chi connectivity index (χ2v) is 4.67. The Morgan fingerprint density at radius 1 is 1.14 bits per heavy atom. The van der Waals surface area contributed by atoms with Crippen LogP contribution in [-0.4, -0.2) is 5.97 Å². The molecule has 0 bridgehead atoms. The van der Waals surface area contributed by atoms with Gasteiger partial charge in [-0.05, 0) is 37.1 Å². The van der Waals surface area contributed by atoms with Crippen LogP contribution in [0.25, 0.3) is 0 Å². The summed E-state index contributed by atoms with van der Waals surface area (Å²) in [5, 5.41) is 2.16. The van der Waals surface area contributed by atoms with Crippen molar-refractivity contribution >= 4 is 5.97 Å². The molecule has 108 valence electrons. The number of nitrogens with zero attached hydrogens (tertiary/aromatic N) is 1. The Morgan fingerprint density at radius 2 is 1.90 bits per heavy atom. The van der Waals surface area contributed by atoms with E-state index in [-0.39, 0.29) is 12.2 Å². The van der Waals surface area contributed by atoms with Crippen LogP contribution in [0, 0.1) is 18.8 Å². The first-order valence-electron chi connectivity index (χ1n) is 6.44. The van der Waals surface area contributed by atoms with Crippen LogP contribution in [0.4, 0.5) is 0 Å². The summed E-state index contributed by atoms with van der Waals surface area (Å²) in [7, 11) is 0. The van der Waals surface area contributed by atoms with Crippen molar-refractivity contribution in [1.29, 1.82) is 0 Å². The first-order chi connectivity index (χ1) is 10.1. The van der Waals surface area contributed by atoms with Gasteiger partial charge in [0.2, 0.25) is 0 Å². The summed E-state index contributed by atoms with van der Waals surface area (Å²) in [6.07, 6.45) is 0. The lowest BCUT2D eigenvalue weighted by atomic mass is 10.1. The van der Waals surface area contributed by atoms with E-state index in [9.17, 15) is 9.70 Å². The molecule has 2 aromatic carbocycles. The molecule has 2 aromatic rings. The Kier molecular flexibility index (Phi) is 4.66. The van der Waals surface area contributed by atoms with Crippen LogP contribution >= 0.6 is 0 Å². The molecule has 0 unspecified atom stereocenters. The van der Waals surface area contributed by atoms with Crippen LogP contribution in [0.2, 0.25) is 0 Å². The van der Waals surface area contributed by atoms with Crippen molar-refractivity contribution in [3.63, 3.8) is 0 Å². The van der Waals surface area contributed by atoms with Crippen LogP contribution < -0.4 is 4.74 Å². The lowest BCUT2D eigenvalue weighted by molar-refractivity contribution is 0.0505. The number of aryl methyl sites for hydroxylation is 2. The van der Waals surface area contributed by atoms with Crippen molar-refractivity contribution in [3.8, 4) is 5.75 Å². The van der Waals surface area contributed by atoms with Crippen molar-refractivity contribution in [2.45, 2.75) is 20.5 Å². The molecule has 0 saturated carbocycles. The maximum atomic E-state index is 11.6. The number of rotatable bonds is 5. The molecule has 0 N–H and O–H groups in total. The highest BCUT2D eigenvalue weighted by Crippen LogP contribution is 2.21. The first kappa shape index (κ1) is 14.7. The molecule has 0 fully saturated rings. The minimum atomic E-state index is -0.787. The molecular formula is C16H15NO4. The molecule has 2 rings (SSSR count). The third kappa shape index (κ3) is 3.66. The van der Waals surface area contributed by atoms with E-state index in [1.807, 2.05) is 32.0 Å². The molecule has 0 aliphatic rings. The zero-order valence-electron chi connectivity index (χ0n) is 11.8. The fraction of sp³-hybridized carbons (Fsp3) is 0.188. The summed E-state index contributed by atoms with van der Waals surface area (Å²) in [5.74, 6) is -0.0307. The van der Waals surface area contributed by atoms with Gasteiger partial charge in [0.1, 0.15) is 12.4 Å². The summed E-state index contributed by atoms with van der Waals surface area (Å²) in [6.45, 7) is 4.13. The maximum Gasteiger partial charge on any atom is 0.369 e. The highest BCUT2D eigenvalue weighted by molar-refractivity contribution is 5.90. The summed E-state index contributed by atoms with van der Waals surface area (Å²) < 4.78 is 5.76. The maximum absolute atomic E-state index is 11.6. The van der Waals surface area contributed by atoms with Gasteiger partial charge < -0.3 is 4.74 Å². The van der Waals surface area contributed by atoms with Gasteiger partial charge in [-0.25, -0.2) is 4.79 Å². The molecular weight excluding hydrogens is 270 g/mol. The van der Waals surface area contributed by atoms with Crippen molar-refractivity contribution < 1.29 is 14.4 Å². The topological polar surface area (TPSA) is 65.0 Å². The predicted octanol–water partition coefficient (Wildman–Crippen LogP) is 3.72. The molecule has 0 aliphatic heterocycles. The van der Waals surface area contributed by atoms with Gasteiger partial charge in [-0.2, -0.15) is 0 Å². The first-order valence-corrected chi connectivity index (χ1v) is 6.44. The summed E-state index contributed by atoms with van der Waals surface area (Å²) in [4.78, 5) is 25.8. The van der Waals surface area contributed by atoms with E-state index in [2.05, 4.69) is 10.2 Å². The molecule has 0 spiro atoms. The lowest BCUT2D eigenvalue weighted by Gasteiger charge is -2.11. The molecule has 0 amide bonds. The van der Waals surface area contributed by atoms with E-state index < -0.39 is 5.97 Å². The molecule has 5 heteroatoms. The van der Waals surface area contributed by atoms with Gasteiger partial charge >= 0.3 is 5.97 Å². The number of benzene rings is 2. The highest BCUT2D eigenvalue weighted by Gasteiger charge is 2.13. The van der Waals surface area contributed by atoms with Gasteiger partial charge in [-0.3, -0.25) is 4.84 Å². The van der Waals surface area contributed by atoms with Gasteiger partial charge in [0.15, 0.2) is 5.34 Å². The fourth-order valence-corrected chi connectivity index (χ4v) is 1.95. The van der Waals surface area contributed by atoms with Crippen molar-refractivity contribution in [1.82, 2.24) is 0 Å². The van der Waals surface area contributed by atoms with E-state index in [1.54, 1.807) is 24.3 Å². The molecule has 0 atom stereocenters.